The van der Waals surface area contributed by atoms with E-state index in [1.54, 1.807) is 6.92 Å². The largest absolute Gasteiger partial charge is 0.383 e. The summed E-state index contributed by atoms with van der Waals surface area (Å²) in [7, 11) is -3.81. The molecule has 0 spiro atoms. The number of halogens is 1. The van der Waals surface area contributed by atoms with Gasteiger partial charge in [-0.2, -0.15) is 5.10 Å². The van der Waals surface area contributed by atoms with Gasteiger partial charge in [0.2, 0.25) is 0 Å². The second kappa shape index (κ2) is 4.88. The number of aromatic nitrogens is 2. The van der Waals surface area contributed by atoms with Crippen LogP contribution in [0.15, 0.2) is 35.4 Å². The number of nitrogens with one attached hydrogen (secondary N) is 1. The van der Waals surface area contributed by atoms with Crippen molar-refractivity contribution < 1.29 is 12.8 Å². The van der Waals surface area contributed by atoms with Crippen molar-refractivity contribution >= 4 is 21.5 Å². The van der Waals surface area contributed by atoms with Crippen molar-refractivity contribution in [2.45, 2.75) is 11.8 Å². The molecule has 0 amide bonds. The zero-order chi connectivity index (χ0) is 14.0. The highest BCUT2D eigenvalue weighted by Crippen LogP contribution is 2.25. The number of nitrogens with zero attached hydrogens (tertiary/aromatic N) is 2. The minimum atomic E-state index is -3.81. The number of sulfonamides is 1. The second-order valence-electron chi connectivity index (χ2n) is 3.79. The van der Waals surface area contributed by atoms with Gasteiger partial charge in [-0.1, -0.05) is 0 Å². The number of hydrogen-bond acceptors (Lipinski definition) is 4. The Hall–Kier alpha value is -2.09. The average Bonchev–Trinajstić information content (AvgIpc) is 2.79. The highest BCUT2D eigenvalue weighted by Gasteiger charge is 2.27. The Morgan fingerprint density at radius 3 is 2.47 bits per heavy atom. The van der Waals surface area contributed by atoms with Gasteiger partial charge in [0.05, 0.1) is 11.9 Å². The van der Waals surface area contributed by atoms with Crippen LogP contribution >= 0.6 is 0 Å². The van der Waals surface area contributed by atoms with Gasteiger partial charge >= 0.3 is 0 Å². The molecule has 0 aliphatic rings. The Labute approximate surface area is 110 Å². The first kappa shape index (κ1) is 13.3. The lowest BCUT2D eigenvalue weighted by molar-refractivity contribution is 0.592. The predicted octanol–water partition coefficient (Wildman–Crippen LogP) is 1.35. The van der Waals surface area contributed by atoms with Gasteiger partial charge in [0.25, 0.3) is 10.0 Å². The van der Waals surface area contributed by atoms with Crippen molar-refractivity contribution in [3.63, 3.8) is 0 Å². The molecule has 19 heavy (non-hydrogen) atoms. The molecule has 102 valence electrons. The van der Waals surface area contributed by atoms with Gasteiger partial charge in [-0.3, -0.25) is 9.40 Å². The normalized spacial score (nSPS) is 11.5. The van der Waals surface area contributed by atoms with Crippen molar-refractivity contribution in [3.05, 3.63) is 36.3 Å². The summed E-state index contributed by atoms with van der Waals surface area (Å²) in [5.74, 6) is -0.458. The number of benzene rings is 1. The first-order valence-electron chi connectivity index (χ1n) is 5.54. The van der Waals surface area contributed by atoms with Crippen molar-refractivity contribution in [2.75, 3.05) is 16.6 Å². The predicted molar refractivity (Wildman–Crippen MR) is 69.6 cm³/mol. The Kier molecular flexibility index (Phi) is 3.43. The zero-order valence-corrected chi connectivity index (χ0v) is 11.0. The van der Waals surface area contributed by atoms with E-state index in [4.69, 9.17) is 5.73 Å². The molecule has 6 nitrogen and oxygen atoms in total. The van der Waals surface area contributed by atoms with Crippen LogP contribution in [-0.4, -0.2) is 25.2 Å². The molecule has 0 radical (unpaired) electrons. The number of hydrogen-bond donors (Lipinski definition) is 2. The molecule has 0 saturated heterocycles. The van der Waals surface area contributed by atoms with E-state index in [1.807, 2.05) is 0 Å². The van der Waals surface area contributed by atoms with Crippen LogP contribution in [0.3, 0.4) is 0 Å². The molecule has 2 aromatic rings. The zero-order valence-electron chi connectivity index (χ0n) is 10.2. The summed E-state index contributed by atoms with van der Waals surface area (Å²) in [6.45, 7) is 1.87. The van der Waals surface area contributed by atoms with Gasteiger partial charge in [-0.15, -0.1) is 0 Å². The van der Waals surface area contributed by atoms with E-state index in [1.165, 1.54) is 24.3 Å². The van der Waals surface area contributed by atoms with E-state index >= 15 is 0 Å². The molecule has 2 rings (SSSR count). The number of H-pyrrole nitrogens is 1. The summed E-state index contributed by atoms with van der Waals surface area (Å²) < 4.78 is 38.9. The van der Waals surface area contributed by atoms with E-state index in [9.17, 15) is 12.8 Å². The summed E-state index contributed by atoms with van der Waals surface area (Å²) >= 11 is 0. The van der Waals surface area contributed by atoms with E-state index in [0.29, 0.717) is 5.69 Å². The molecular weight excluding hydrogens is 271 g/mol. The molecule has 0 aliphatic heterocycles. The minimum absolute atomic E-state index is 0.0273. The maximum absolute atomic E-state index is 12.9. The molecule has 0 bridgehead atoms. The third kappa shape index (κ3) is 2.39. The average molecular weight is 284 g/mol. The lowest BCUT2D eigenvalue weighted by atomic mass is 10.3. The maximum Gasteiger partial charge on any atom is 0.269 e. The Morgan fingerprint density at radius 2 is 2.00 bits per heavy atom. The van der Waals surface area contributed by atoms with Gasteiger partial charge in [-0.25, -0.2) is 12.8 Å². The highest BCUT2D eigenvalue weighted by molar-refractivity contribution is 7.93. The fourth-order valence-electron chi connectivity index (χ4n) is 1.71. The molecule has 0 atom stereocenters. The van der Waals surface area contributed by atoms with Gasteiger partial charge < -0.3 is 5.73 Å². The third-order valence-electron chi connectivity index (χ3n) is 2.60. The monoisotopic (exact) mass is 284 g/mol. The molecule has 0 unspecified atom stereocenters. The van der Waals surface area contributed by atoms with Crippen LogP contribution in [0.2, 0.25) is 0 Å². The highest BCUT2D eigenvalue weighted by atomic mass is 32.2. The number of nitrogens with two attached hydrogens (primary N) is 1. The van der Waals surface area contributed by atoms with Crippen LogP contribution < -0.4 is 10.0 Å². The van der Waals surface area contributed by atoms with E-state index < -0.39 is 15.8 Å². The summed E-state index contributed by atoms with van der Waals surface area (Å²) in [5.41, 5.74) is 5.90. The van der Waals surface area contributed by atoms with Crippen LogP contribution in [0.5, 0.6) is 0 Å². The molecule has 1 aromatic carbocycles. The van der Waals surface area contributed by atoms with E-state index in [2.05, 4.69) is 10.2 Å². The maximum atomic E-state index is 12.9. The molecular formula is C11H13FN4O2S. The molecule has 0 saturated carbocycles. The number of rotatable bonds is 4. The van der Waals surface area contributed by atoms with Gasteiger partial charge in [0, 0.05) is 6.54 Å². The SMILES string of the molecule is CCN(c1ccc(F)cc1)S(=O)(=O)c1cn[nH]c1N. The van der Waals surface area contributed by atoms with E-state index in [-0.39, 0.29) is 17.3 Å². The van der Waals surface area contributed by atoms with Crippen molar-refractivity contribution in [1.82, 2.24) is 10.2 Å². The fraction of sp³-hybridized carbons (Fsp3) is 0.182. The first-order valence-corrected chi connectivity index (χ1v) is 6.98. The number of aromatic amines is 1. The lowest BCUT2D eigenvalue weighted by Crippen LogP contribution is -2.31. The van der Waals surface area contributed by atoms with Crippen LogP contribution in [0, 0.1) is 5.82 Å². The fourth-order valence-corrected chi connectivity index (χ4v) is 3.19. The molecule has 0 aliphatic carbocycles. The standard InChI is InChI=1S/C11H13FN4O2S/c1-2-16(9-5-3-8(12)4-6-9)19(17,18)10-7-14-15-11(10)13/h3-7H,2H2,1H3,(H3,13,14,15). The Bertz CT molecular complexity index is 666. The summed E-state index contributed by atoms with van der Waals surface area (Å²) in [6, 6.07) is 5.19. The Morgan fingerprint density at radius 1 is 1.37 bits per heavy atom. The van der Waals surface area contributed by atoms with E-state index in [0.717, 1.165) is 10.5 Å². The second-order valence-corrected chi connectivity index (χ2v) is 5.62. The molecule has 1 aromatic heterocycles. The number of anilines is 2. The quantitative estimate of drug-likeness (QED) is 0.886. The summed E-state index contributed by atoms with van der Waals surface area (Å²) in [6.07, 6.45) is 1.15. The van der Waals surface area contributed by atoms with Crippen LogP contribution in [0.1, 0.15) is 6.92 Å². The van der Waals surface area contributed by atoms with Gasteiger partial charge in [0.1, 0.15) is 16.5 Å². The van der Waals surface area contributed by atoms with Crippen molar-refractivity contribution in [1.29, 1.82) is 0 Å². The summed E-state index contributed by atoms with van der Waals surface area (Å²) in [5, 5.41) is 5.97. The Balaban J connectivity index is 2.48. The van der Waals surface area contributed by atoms with Crippen molar-refractivity contribution in [2.24, 2.45) is 0 Å². The first-order chi connectivity index (χ1) is 8.96. The topological polar surface area (TPSA) is 92.1 Å². The van der Waals surface area contributed by atoms with Crippen LogP contribution in [0.4, 0.5) is 15.9 Å². The molecule has 0 fully saturated rings. The lowest BCUT2D eigenvalue weighted by Gasteiger charge is -2.22. The minimum Gasteiger partial charge on any atom is -0.383 e. The van der Waals surface area contributed by atoms with Crippen LogP contribution in [-0.2, 0) is 10.0 Å². The van der Waals surface area contributed by atoms with Gasteiger partial charge in [-0.05, 0) is 31.2 Å². The third-order valence-corrected chi connectivity index (χ3v) is 4.53. The van der Waals surface area contributed by atoms with Gasteiger partial charge in [0.15, 0.2) is 0 Å². The molecule has 8 heteroatoms. The molecule has 3 N–H and O–H groups in total. The molecule has 1 heterocycles. The summed E-state index contributed by atoms with van der Waals surface area (Å²) in [4.78, 5) is -0.0984. The van der Waals surface area contributed by atoms with Crippen LogP contribution in [0.25, 0.3) is 0 Å². The van der Waals surface area contributed by atoms with Crippen molar-refractivity contribution in [3.8, 4) is 0 Å². The smallest absolute Gasteiger partial charge is 0.269 e. The number of nitrogen functional groups attached to an aromatic ring is 1.